The van der Waals surface area contributed by atoms with E-state index in [-0.39, 0.29) is 24.4 Å². The van der Waals surface area contributed by atoms with Crippen LogP contribution in [0, 0.1) is 34.5 Å². The second-order valence-electron chi connectivity index (χ2n) is 12.9. The number of aliphatic hydroxyl groups is 4. The fourth-order valence-electron chi connectivity index (χ4n) is 9.30. The molecule has 5 rings (SSSR count). The molecule has 1 spiro atoms. The zero-order valence-corrected chi connectivity index (χ0v) is 20.4. The summed E-state index contributed by atoms with van der Waals surface area (Å²) in [6.45, 7) is 9.49. The summed E-state index contributed by atoms with van der Waals surface area (Å²) >= 11 is 0. The molecule has 1 heterocycles. The fourth-order valence-corrected chi connectivity index (χ4v) is 9.30. The minimum atomic E-state index is -1.52. The first kappa shape index (κ1) is 23.3. The lowest BCUT2D eigenvalue weighted by Gasteiger charge is -2.67. The number of aliphatic hydroxyl groups excluding tert-OH is 1. The Balaban J connectivity index is 1.50. The largest absolute Gasteiger partial charge is 0.393 e. The minimum absolute atomic E-state index is 0.0555. The summed E-state index contributed by atoms with van der Waals surface area (Å²) in [6, 6.07) is 0. The molecular formula is C27H44O5. The molecule has 5 heteroatoms. The summed E-state index contributed by atoms with van der Waals surface area (Å²) < 4.78 is 6.32. The quantitative estimate of drug-likeness (QED) is 0.483. The monoisotopic (exact) mass is 448 g/mol. The van der Waals surface area contributed by atoms with Crippen molar-refractivity contribution in [2.24, 2.45) is 34.5 Å². The molecule has 4 fully saturated rings. The molecule has 0 bridgehead atoms. The first-order valence-electron chi connectivity index (χ1n) is 13.1. The van der Waals surface area contributed by atoms with Gasteiger partial charge in [0.2, 0.25) is 0 Å². The van der Waals surface area contributed by atoms with E-state index >= 15 is 0 Å². The van der Waals surface area contributed by atoms with Crippen LogP contribution < -0.4 is 0 Å². The average Bonchev–Trinajstić information content (AvgIpc) is 3.20. The normalized spacial score (nSPS) is 54.9. The van der Waals surface area contributed by atoms with Gasteiger partial charge >= 0.3 is 0 Å². The van der Waals surface area contributed by atoms with Gasteiger partial charge in [0.25, 0.3) is 0 Å². The lowest BCUT2D eigenvalue weighted by atomic mass is 9.41. The van der Waals surface area contributed by atoms with E-state index < -0.39 is 34.4 Å². The van der Waals surface area contributed by atoms with E-state index in [1.807, 2.05) is 0 Å². The van der Waals surface area contributed by atoms with Crippen molar-refractivity contribution in [3.05, 3.63) is 12.2 Å². The molecule has 5 aliphatic rings. The van der Waals surface area contributed by atoms with Gasteiger partial charge in [0.1, 0.15) is 11.2 Å². The number of rotatable bonds is 5. The van der Waals surface area contributed by atoms with Gasteiger partial charge in [0.05, 0.1) is 29.8 Å². The van der Waals surface area contributed by atoms with E-state index in [0.29, 0.717) is 24.7 Å². The summed E-state index contributed by atoms with van der Waals surface area (Å²) in [5.41, 5.74) is -5.36. The van der Waals surface area contributed by atoms with Crippen molar-refractivity contribution in [2.75, 3.05) is 6.61 Å². The topological polar surface area (TPSA) is 90.2 Å². The van der Waals surface area contributed by atoms with Crippen LogP contribution in [-0.2, 0) is 4.74 Å². The summed E-state index contributed by atoms with van der Waals surface area (Å²) in [7, 11) is 0. The van der Waals surface area contributed by atoms with E-state index in [9.17, 15) is 20.4 Å². The fraction of sp³-hybridized carbons (Fsp3) is 0.926. The van der Waals surface area contributed by atoms with Crippen LogP contribution >= 0.6 is 0 Å². The summed E-state index contributed by atoms with van der Waals surface area (Å²) in [4.78, 5) is 0. The van der Waals surface area contributed by atoms with Crippen LogP contribution in [0.15, 0.2) is 12.2 Å². The van der Waals surface area contributed by atoms with Crippen LogP contribution in [0.3, 0.4) is 0 Å². The molecule has 3 saturated carbocycles. The van der Waals surface area contributed by atoms with Gasteiger partial charge in [-0.1, -0.05) is 59.1 Å². The summed E-state index contributed by atoms with van der Waals surface area (Å²) in [5, 5.41) is 46.7. The van der Waals surface area contributed by atoms with Gasteiger partial charge in [0.15, 0.2) is 0 Å². The van der Waals surface area contributed by atoms with Gasteiger partial charge in [-0.2, -0.15) is 0 Å². The Morgan fingerprint density at radius 3 is 2.47 bits per heavy atom. The highest BCUT2D eigenvalue weighted by molar-refractivity contribution is 5.41. The SMILES string of the molecule is CC(C)CCC[C@@H](C)[C@H]1CCC2[C@]1(C)C[C@@H]1OC[C@]34CC[C@H](O)C[C@]3(O)C=C[C@@]2(O)[C@]14O. The lowest BCUT2D eigenvalue weighted by Crippen LogP contribution is -2.80. The molecule has 0 amide bonds. The van der Waals surface area contributed by atoms with Gasteiger partial charge < -0.3 is 25.2 Å². The summed E-state index contributed by atoms with van der Waals surface area (Å²) in [5.74, 6) is 1.74. The lowest BCUT2D eigenvalue weighted by molar-refractivity contribution is -0.302. The molecule has 4 aliphatic carbocycles. The predicted molar refractivity (Wildman–Crippen MR) is 123 cm³/mol. The Hall–Kier alpha value is -0.460. The van der Waals surface area contributed by atoms with Gasteiger partial charge in [0, 0.05) is 12.3 Å². The highest BCUT2D eigenvalue weighted by atomic mass is 16.5. The zero-order valence-electron chi connectivity index (χ0n) is 20.4. The van der Waals surface area contributed by atoms with Crippen molar-refractivity contribution < 1.29 is 25.2 Å². The van der Waals surface area contributed by atoms with Crippen LogP contribution in [0.5, 0.6) is 0 Å². The highest BCUT2D eigenvalue weighted by Crippen LogP contribution is 2.73. The standard InChI is InChI=1S/C27H44O5/c1-17(2)6-5-7-18(3)20-8-9-21-23(20,4)15-22-27(31)24(16-32-22)11-10-19(28)14-25(24,29)12-13-26(21,27)30/h12-13,17-22,28-31H,5-11,14-16H2,1-4H3/t18-,19+,20-,21?,22+,23-,24-,25-,26+,27+/m1/s1. The third kappa shape index (κ3) is 2.69. The highest BCUT2D eigenvalue weighted by Gasteiger charge is 2.82. The first-order valence-corrected chi connectivity index (χ1v) is 13.1. The molecule has 0 aromatic rings. The minimum Gasteiger partial charge on any atom is -0.393 e. The Kier molecular flexibility index (Phi) is 5.29. The van der Waals surface area contributed by atoms with Crippen molar-refractivity contribution in [3.63, 3.8) is 0 Å². The first-order chi connectivity index (χ1) is 14.9. The smallest absolute Gasteiger partial charge is 0.134 e. The molecule has 0 aromatic heterocycles. The van der Waals surface area contributed by atoms with Crippen LogP contribution in [0.25, 0.3) is 0 Å². The van der Waals surface area contributed by atoms with Crippen molar-refractivity contribution in [3.8, 4) is 0 Å². The van der Waals surface area contributed by atoms with Crippen molar-refractivity contribution in [1.82, 2.24) is 0 Å². The van der Waals surface area contributed by atoms with Crippen LogP contribution in [0.1, 0.15) is 85.5 Å². The molecule has 32 heavy (non-hydrogen) atoms. The molecule has 1 unspecified atom stereocenters. The Bertz CT molecular complexity index is 782. The molecule has 5 nitrogen and oxygen atoms in total. The molecule has 182 valence electrons. The Labute approximate surface area is 193 Å². The second-order valence-corrected chi connectivity index (χ2v) is 12.9. The molecule has 0 aromatic carbocycles. The van der Waals surface area contributed by atoms with Gasteiger partial charge in [-0.3, -0.25) is 0 Å². The zero-order chi connectivity index (χ0) is 23.2. The van der Waals surface area contributed by atoms with Gasteiger partial charge in [-0.25, -0.2) is 0 Å². The van der Waals surface area contributed by atoms with E-state index in [4.69, 9.17) is 4.74 Å². The number of fused-ring (bicyclic) bond motifs is 2. The Morgan fingerprint density at radius 1 is 1.00 bits per heavy atom. The van der Waals surface area contributed by atoms with E-state index in [1.54, 1.807) is 12.2 Å². The second kappa shape index (κ2) is 7.27. The van der Waals surface area contributed by atoms with E-state index in [1.165, 1.54) is 19.3 Å². The maximum atomic E-state index is 12.4. The predicted octanol–water partition coefficient (Wildman–Crippen LogP) is 3.58. The molecule has 1 saturated heterocycles. The van der Waals surface area contributed by atoms with E-state index in [0.717, 1.165) is 25.2 Å². The maximum absolute atomic E-state index is 12.4. The Morgan fingerprint density at radius 2 is 1.75 bits per heavy atom. The molecular weight excluding hydrogens is 404 g/mol. The number of hydrogen-bond donors (Lipinski definition) is 4. The van der Waals surface area contributed by atoms with Crippen LogP contribution in [0.2, 0.25) is 0 Å². The number of hydrogen-bond acceptors (Lipinski definition) is 5. The van der Waals surface area contributed by atoms with Crippen LogP contribution in [0.4, 0.5) is 0 Å². The van der Waals surface area contributed by atoms with Gasteiger partial charge in [-0.05, 0) is 55.3 Å². The van der Waals surface area contributed by atoms with Crippen molar-refractivity contribution >= 4 is 0 Å². The van der Waals surface area contributed by atoms with Gasteiger partial charge in [-0.15, -0.1) is 0 Å². The molecule has 0 radical (unpaired) electrons. The van der Waals surface area contributed by atoms with Crippen LogP contribution in [-0.4, -0.2) is 56.0 Å². The van der Waals surface area contributed by atoms with E-state index in [2.05, 4.69) is 27.7 Å². The number of ether oxygens (including phenoxy) is 1. The van der Waals surface area contributed by atoms with Crippen molar-refractivity contribution in [2.45, 2.75) is 114 Å². The molecule has 4 N–H and O–H groups in total. The third-order valence-electron chi connectivity index (χ3n) is 10.9. The third-order valence-corrected chi connectivity index (χ3v) is 10.9. The van der Waals surface area contributed by atoms with Crippen molar-refractivity contribution in [1.29, 1.82) is 0 Å². The molecule has 10 atom stereocenters. The summed E-state index contributed by atoms with van der Waals surface area (Å²) in [6.07, 6.45) is 9.87. The maximum Gasteiger partial charge on any atom is 0.134 e. The molecule has 1 aliphatic heterocycles. The average molecular weight is 449 g/mol.